The van der Waals surface area contributed by atoms with Crippen LogP contribution in [-0.2, 0) is 0 Å². The van der Waals surface area contributed by atoms with Gasteiger partial charge in [-0.3, -0.25) is 0 Å². The lowest BCUT2D eigenvalue weighted by Gasteiger charge is -2.32. The first-order valence-corrected chi connectivity index (χ1v) is 9.95. The summed E-state index contributed by atoms with van der Waals surface area (Å²) in [5, 5.41) is 3.60. The number of hydrogen-bond donors (Lipinski definition) is 1. The van der Waals surface area contributed by atoms with Gasteiger partial charge in [-0.2, -0.15) is 0 Å². The van der Waals surface area contributed by atoms with Crippen LogP contribution in [0.15, 0.2) is 32.7 Å². The number of piperidine rings is 1. The summed E-state index contributed by atoms with van der Waals surface area (Å²) < 4.78 is 0. The first-order valence-electron chi connectivity index (χ1n) is 9.14. The van der Waals surface area contributed by atoms with Crippen molar-refractivity contribution in [3.63, 3.8) is 0 Å². The van der Waals surface area contributed by atoms with Crippen molar-refractivity contribution < 1.29 is 0 Å². The predicted molar refractivity (Wildman–Crippen MR) is 95.6 cm³/mol. The third-order valence-corrected chi connectivity index (χ3v) is 7.24. The van der Waals surface area contributed by atoms with Crippen LogP contribution in [0.3, 0.4) is 0 Å². The van der Waals surface area contributed by atoms with E-state index in [1.54, 1.807) is 26.7 Å². The van der Waals surface area contributed by atoms with E-state index in [0.717, 1.165) is 19.0 Å². The number of rotatable bonds is 3. The minimum atomic E-state index is 0.692. The molecule has 0 aromatic carbocycles. The standard InChI is InChI=1S/C19H28N2S/c1-3-13(4-2)17-9-11-21-16-8-10-20-12-15(16)14-6-5-7-18(22-17)19(14)21/h9,13,16,20H,3-8,10-12H2,1-2H3. The van der Waals surface area contributed by atoms with Gasteiger partial charge >= 0.3 is 0 Å². The van der Waals surface area contributed by atoms with Crippen molar-refractivity contribution in [2.24, 2.45) is 5.92 Å². The zero-order chi connectivity index (χ0) is 15.1. The van der Waals surface area contributed by atoms with Gasteiger partial charge in [0.2, 0.25) is 0 Å². The Labute approximate surface area is 139 Å². The zero-order valence-electron chi connectivity index (χ0n) is 14.0. The second kappa shape index (κ2) is 6.09. The van der Waals surface area contributed by atoms with Crippen LogP contribution in [0.5, 0.6) is 0 Å². The summed E-state index contributed by atoms with van der Waals surface area (Å²) in [6.07, 6.45) is 10.4. The maximum atomic E-state index is 3.60. The molecule has 4 aliphatic rings. The zero-order valence-corrected chi connectivity index (χ0v) is 14.8. The lowest BCUT2D eigenvalue weighted by molar-refractivity contribution is 0.299. The van der Waals surface area contributed by atoms with Crippen LogP contribution in [0.25, 0.3) is 0 Å². The quantitative estimate of drug-likeness (QED) is 0.829. The molecule has 3 aliphatic heterocycles. The first-order chi connectivity index (χ1) is 10.8. The first kappa shape index (κ1) is 14.9. The summed E-state index contributed by atoms with van der Waals surface area (Å²) in [4.78, 5) is 6.08. The fourth-order valence-electron chi connectivity index (χ4n) is 4.67. The molecule has 1 saturated heterocycles. The van der Waals surface area contributed by atoms with E-state index in [1.165, 1.54) is 45.1 Å². The van der Waals surface area contributed by atoms with Crippen LogP contribution in [0.1, 0.15) is 52.4 Å². The van der Waals surface area contributed by atoms with Gasteiger partial charge in [0.15, 0.2) is 0 Å². The lowest BCUT2D eigenvalue weighted by atomic mass is 9.93. The molecule has 0 spiro atoms. The van der Waals surface area contributed by atoms with Gasteiger partial charge < -0.3 is 10.2 Å². The van der Waals surface area contributed by atoms with Crippen molar-refractivity contribution >= 4 is 11.8 Å². The van der Waals surface area contributed by atoms with E-state index in [4.69, 9.17) is 0 Å². The average molecular weight is 317 g/mol. The van der Waals surface area contributed by atoms with Crippen molar-refractivity contribution in [3.8, 4) is 0 Å². The Morgan fingerprint density at radius 1 is 1.32 bits per heavy atom. The average Bonchev–Trinajstić information content (AvgIpc) is 2.75. The minimum absolute atomic E-state index is 0.692. The topological polar surface area (TPSA) is 15.3 Å². The highest BCUT2D eigenvalue weighted by Gasteiger charge is 2.40. The molecular formula is C19H28N2S. The number of allylic oxidation sites excluding steroid dienone is 3. The van der Waals surface area contributed by atoms with Crippen LogP contribution in [0.4, 0.5) is 0 Å². The van der Waals surface area contributed by atoms with Gasteiger partial charge in [0.25, 0.3) is 0 Å². The monoisotopic (exact) mass is 316 g/mol. The van der Waals surface area contributed by atoms with E-state index in [2.05, 4.69) is 41.9 Å². The molecule has 1 N–H and O–H groups in total. The smallest absolute Gasteiger partial charge is 0.0537 e. The summed E-state index contributed by atoms with van der Waals surface area (Å²) >= 11 is 2.13. The predicted octanol–water partition coefficient (Wildman–Crippen LogP) is 4.42. The van der Waals surface area contributed by atoms with Gasteiger partial charge in [0, 0.05) is 18.0 Å². The van der Waals surface area contributed by atoms with Crippen molar-refractivity contribution in [1.82, 2.24) is 10.2 Å². The molecule has 0 aromatic rings. The highest BCUT2D eigenvalue weighted by molar-refractivity contribution is 8.06. The molecule has 3 heteroatoms. The summed E-state index contributed by atoms with van der Waals surface area (Å²) in [6, 6.07) is 0.692. The lowest BCUT2D eigenvalue weighted by Crippen LogP contribution is -2.40. The van der Waals surface area contributed by atoms with Gasteiger partial charge in [0.05, 0.1) is 11.7 Å². The fraction of sp³-hybridized carbons (Fsp3) is 0.684. The maximum absolute atomic E-state index is 3.60. The molecule has 1 aliphatic carbocycles. The normalized spacial score (nSPS) is 27.9. The Hall–Kier alpha value is -0.670. The molecule has 120 valence electrons. The van der Waals surface area contributed by atoms with E-state index in [-0.39, 0.29) is 0 Å². The van der Waals surface area contributed by atoms with Crippen LogP contribution < -0.4 is 5.32 Å². The van der Waals surface area contributed by atoms with Crippen molar-refractivity contribution in [3.05, 3.63) is 32.7 Å². The SMILES string of the molecule is CCC(CC)C1=CCN2C3=C(CCCC3=C3CNCCC32)S1. The molecule has 1 unspecified atom stereocenters. The molecule has 0 radical (unpaired) electrons. The Kier molecular flexibility index (Phi) is 4.12. The van der Waals surface area contributed by atoms with E-state index in [1.807, 2.05) is 0 Å². The second-order valence-corrected chi connectivity index (χ2v) is 8.15. The number of fused-ring (bicyclic) bond motifs is 2. The van der Waals surface area contributed by atoms with Crippen molar-refractivity contribution in [2.45, 2.75) is 58.4 Å². The summed E-state index contributed by atoms with van der Waals surface area (Å²) in [5.74, 6) is 0.764. The highest BCUT2D eigenvalue weighted by Crippen LogP contribution is 2.51. The number of nitrogens with zero attached hydrogens (tertiary/aromatic N) is 1. The minimum Gasteiger partial charge on any atom is -0.360 e. The van der Waals surface area contributed by atoms with Gasteiger partial charge in [-0.25, -0.2) is 0 Å². The highest BCUT2D eigenvalue weighted by atomic mass is 32.2. The summed E-state index contributed by atoms with van der Waals surface area (Å²) in [7, 11) is 0. The molecule has 22 heavy (non-hydrogen) atoms. The molecule has 0 bridgehead atoms. The van der Waals surface area contributed by atoms with Crippen LogP contribution in [0.2, 0.25) is 0 Å². The van der Waals surface area contributed by atoms with Crippen LogP contribution in [0, 0.1) is 5.92 Å². The van der Waals surface area contributed by atoms with Crippen molar-refractivity contribution in [2.75, 3.05) is 19.6 Å². The summed E-state index contributed by atoms with van der Waals surface area (Å²) in [5.41, 5.74) is 5.08. The van der Waals surface area contributed by atoms with Gasteiger partial charge in [0.1, 0.15) is 0 Å². The Balaban J connectivity index is 1.73. The largest absolute Gasteiger partial charge is 0.360 e. The molecule has 0 aromatic heterocycles. The molecule has 1 atom stereocenters. The van der Waals surface area contributed by atoms with Gasteiger partial charge in [-0.15, -0.1) is 0 Å². The Bertz CT molecular complexity index is 554. The van der Waals surface area contributed by atoms with E-state index < -0.39 is 0 Å². The number of hydrogen-bond acceptors (Lipinski definition) is 3. The Morgan fingerprint density at radius 2 is 2.18 bits per heavy atom. The van der Waals surface area contributed by atoms with E-state index >= 15 is 0 Å². The molecule has 1 fully saturated rings. The molecular weight excluding hydrogens is 288 g/mol. The van der Waals surface area contributed by atoms with Crippen LogP contribution in [-0.4, -0.2) is 30.6 Å². The summed E-state index contributed by atoms with van der Waals surface area (Å²) in [6.45, 7) is 8.13. The third-order valence-electron chi connectivity index (χ3n) is 5.86. The molecule has 4 rings (SSSR count). The molecule has 2 nitrogen and oxygen atoms in total. The van der Waals surface area contributed by atoms with Gasteiger partial charge in [-0.1, -0.05) is 31.7 Å². The van der Waals surface area contributed by atoms with Crippen LogP contribution >= 0.6 is 11.8 Å². The third kappa shape index (κ3) is 2.28. The van der Waals surface area contributed by atoms with E-state index in [9.17, 15) is 0 Å². The number of thioether (sulfide) groups is 1. The Morgan fingerprint density at radius 3 is 3.00 bits per heavy atom. The second-order valence-electron chi connectivity index (χ2n) is 6.98. The molecule has 3 heterocycles. The van der Waals surface area contributed by atoms with Gasteiger partial charge in [-0.05, 0) is 67.0 Å². The van der Waals surface area contributed by atoms with E-state index in [0.29, 0.717) is 6.04 Å². The fourth-order valence-corrected chi connectivity index (χ4v) is 6.20. The molecule has 0 amide bonds. The maximum Gasteiger partial charge on any atom is 0.0537 e. The molecule has 0 saturated carbocycles. The number of nitrogens with one attached hydrogen (secondary N) is 1. The van der Waals surface area contributed by atoms with Crippen molar-refractivity contribution in [1.29, 1.82) is 0 Å².